The van der Waals surface area contributed by atoms with Crippen molar-refractivity contribution in [1.29, 1.82) is 0 Å². The lowest BCUT2D eigenvalue weighted by Gasteiger charge is -2.32. The first-order valence-corrected chi connectivity index (χ1v) is 11.6. The minimum absolute atomic E-state index is 0.0611. The van der Waals surface area contributed by atoms with Crippen LogP contribution in [0, 0.1) is 6.92 Å². The molecule has 2 aromatic carbocycles. The van der Waals surface area contributed by atoms with Gasteiger partial charge >= 0.3 is 0 Å². The van der Waals surface area contributed by atoms with Crippen molar-refractivity contribution in [1.82, 2.24) is 25.2 Å². The number of carbonyl (C=O) groups is 2. The lowest BCUT2D eigenvalue weighted by Crippen LogP contribution is -2.40. The summed E-state index contributed by atoms with van der Waals surface area (Å²) in [7, 11) is 1.56. The van der Waals surface area contributed by atoms with Crippen LogP contribution in [0.4, 0.5) is 0 Å². The van der Waals surface area contributed by atoms with Crippen molar-refractivity contribution < 1.29 is 14.3 Å². The molecule has 0 saturated heterocycles. The zero-order valence-electron chi connectivity index (χ0n) is 19.7. The number of H-pyrrole nitrogens is 1. The highest BCUT2D eigenvalue weighted by Crippen LogP contribution is 2.27. The zero-order valence-corrected chi connectivity index (χ0v) is 19.7. The Balaban J connectivity index is 1.31. The number of carbonyl (C=O) groups excluding carboxylic acids is 2. The fourth-order valence-corrected chi connectivity index (χ4v) is 4.67. The normalized spacial score (nSPS) is 13.9. The van der Waals surface area contributed by atoms with Gasteiger partial charge < -0.3 is 19.9 Å². The van der Waals surface area contributed by atoms with Crippen molar-refractivity contribution in [2.45, 2.75) is 32.5 Å². The first-order valence-electron chi connectivity index (χ1n) is 11.6. The Kier molecular flexibility index (Phi) is 6.29. The molecule has 0 spiro atoms. The fourth-order valence-electron chi connectivity index (χ4n) is 4.67. The largest absolute Gasteiger partial charge is 0.367 e. The van der Waals surface area contributed by atoms with Gasteiger partial charge in [0, 0.05) is 44.2 Å². The van der Waals surface area contributed by atoms with Crippen LogP contribution in [-0.4, -0.2) is 45.3 Å². The van der Waals surface area contributed by atoms with Crippen molar-refractivity contribution in [3.63, 3.8) is 0 Å². The van der Waals surface area contributed by atoms with E-state index in [2.05, 4.69) is 20.3 Å². The Labute approximate surface area is 203 Å². The van der Waals surface area contributed by atoms with Crippen LogP contribution in [0.25, 0.3) is 11.0 Å². The number of fused-ring (bicyclic) bond motifs is 2. The van der Waals surface area contributed by atoms with Crippen LogP contribution in [0.1, 0.15) is 44.4 Å². The number of nitrogens with zero attached hydrogens (tertiary/aromatic N) is 3. The van der Waals surface area contributed by atoms with Crippen molar-refractivity contribution >= 4 is 22.8 Å². The third-order valence-corrected chi connectivity index (χ3v) is 6.58. The van der Waals surface area contributed by atoms with E-state index < -0.39 is 6.10 Å². The van der Waals surface area contributed by atoms with Crippen molar-refractivity contribution in [3.8, 4) is 0 Å². The first-order chi connectivity index (χ1) is 17.0. The molecule has 0 aliphatic carbocycles. The maximum Gasteiger partial charge on any atom is 0.256 e. The molecule has 4 aromatic rings. The second kappa shape index (κ2) is 9.68. The Morgan fingerprint density at radius 2 is 2.00 bits per heavy atom. The van der Waals surface area contributed by atoms with E-state index in [1.165, 1.54) is 0 Å². The van der Waals surface area contributed by atoms with Crippen LogP contribution in [0.2, 0.25) is 0 Å². The predicted molar refractivity (Wildman–Crippen MR) is 132 cm³/mol. The van der Waals surface area contributed by atoms with E-state index in [9.17, 15) is 9.59 Å². The summed E-state index contributed by atoms with van der Waals surface area (Å²) in [5.41, 5.74) is 7.10. The minimum atomic E-state index is -0.637. The molecule has 0 saturated carbocycles. The Hall–Kier alpha value is -4.04. The fraction of sp³-hybridized carbons (Fsp3) is 0.259. The molecule has 178 valence electrons. The Morgan fingerprint density at radius 3 is 2.80 bits per heavy atom. The molecule has 0 bridgehead atoms. The van der Waals surface area contributed by atoms with Gasteiger partial charge in [0.05, 0.1) is 17.4 Å². The minimum Gasteiger partial charge on any atom is -0.367 e. The van der Waals surface area contributed by atoms with Gasteiger partial charge in [-0.15, -0.1) is 0 Å². The van der Waals surface area contributed by atoms with E-state index in [1.807, 2.05) is 54.4 Å². The van der Waals surface area contributed by atoms with E-state index in [4.69, 9.17) is 4.74 Å². The number of nitrogens with one attached hydrogen (secondary N) is 2. The van der Waals surface area contributed by atoms with Gasteiger partial charge in [0.25, 0.3) is 11.8 Å². The Bertz CT molecular complexity index is 1380. The third-order valence-electron chi connectivity index (χ3n) is 6.58. The van der Waals surface area contributed by atoms with Gasteiger partial charge in [-0.25, -0.2) is 4.98 Å². The quantitative estimate of drug-likeness (QED) is 0.450. The summed E-state index contributed by atoms with van der Waals surface area (Å²) in [5, 5.41) is 3.03. The number of imidazole rings is 1. The summed E-state index contributed by atoms with van der Waals surface area (Å²) in [6.45, 7) is 3.37. The molecule has 0 fully saturated rings. The molecule has 2 aromatic heterocycles. The maximum atomic E-state index is 13.3. The van der Waals surface area contributed by atoms with Gasteiger partial charge in [-0.1, -0.05) is 30.3 Å². The van der Waals surface area contributed by atoms with E-state index in [1.54, 1.807) is 25.6 Å². The van der Waals surface area contributed by atoms with Crippen LogP contribution < -0.4 is 5.32 Å². The number of methoxy groups -OCH3 is 1. The number of aromatic amines is 1. The molecule has 2 N–H and O–H groups in total. The molecule has 8 heteroatoms. The molecule has 1 aliphatic heterocycles. The number of aryl methyl sites for hydroxylation is 1. The zero-order chi connectivity index (χ0) is 24.4. The standard InChI is InChI=1S/C27H27N5O3/c1-17-22(14-29-26(33)19-8-9-23-24(12-19)31-16-30-23)21-10-11-32(15-20(21)13-28-17)27(34)25(35-2)18-6-4-3-5-7-18/h3-9,12-13,16,25H,10-11,14-15H2,1-2H3,(H,29,33)(H,30,31). The molecule has 2 amide bonds. The number of aromatic nitrogens is 3. The summed E-state index contributed by atoms with van der Waals surface area (Å²) in [6, 6.07) is 14.9. The molecule has 5 rings (SSSR count). The summed E-state index contributed by atoms with van der Waals surface area (Å²) < 4.78 is 5.55. The van der Waals surface area contributed by atoms with E-state index >= 15 is 0 Å². The highest BCUT2D eigenvalue weighted by Gasteiger charge is 2.30. The molecule has 1 atom stereocenters. The lowest BCUT2D eigenvalue weighted by molar-refractivity contribution is -0.143. The average molecular weight is 470 g/mol. The second-order valence-corrected chi connectivity index (χ2v) is 8.68. The third kappa shape index (κ3) is 4.52. The topological polar surface area (TPSA) is 100 Å². The molecular weight excluding hydrogens is 442 g/mol. The van der Waals surface area contributed by atoms with Gasteiger partial charge in [-0.2, -0.15) is 0 Å². The van der Waals surface area contributed by atoms with Crippen LogP contribution >= 0.6 is 0 Å². The van der Waals surface area contributed by atoms with Crippen LogP contribution in [-0.2, 0) is 29.0 Å². The van der Waals surface area contributed by atoms with Gasteiger partial charge in [0.2, 0.25) is 0 Å². The van der Waals surface area contributed by atoms with E-state index in [0.717, 1.165) is 39.0 Å². The van der Waals surface area contributed by atoms with Gasteiger partial charge in [-0.05, 0) is 53.8 Å². The Morgan fingerprint density at radius 1 is 1.17 bits per heavy atom. The second-order valence-electron chi connectivity index (χ2n) is 8.68. The number of ether oxygens (including phenoxy) is 1. The number of pyridine rings is 1. The number of amides is 2. The summed E-state index contributed by atoms with van der Waals surface area (Å²) in [5.74, 6) is -0.217. The summed E-state index contributed by atoms with van der Waals surface area (Å²) >= 11 is 0. The highest BCUT2D eigenvalue weighted by molar-refractivity contribution is 5.97. The van der Waals surface area contributed by atoms with Crippen molar-refractivity contribution in [2.24, 2.45) is 0 Å². The monoisotopic (exact) mass is 469 g/mol. The average Bonchev–Trinajstić information content (AvgIpc) is 3.37. The molecular formula is C27H27N5O3. The van der Waals surface area contributed by atoms with Gasteiger partial charge in [0.15, 0.2) is 6.10 Å². The SMILES string of the molecule is COC(C(=O)N1CCc2c(cnc(C)c2CNC(=O)c2ccc3nc[nH]c3c2)C1)c1ccccc1. The molecule has 8 nitrogen and oxygen atoms in total. The van der Waals surface area contributed by atoms with Crippen molar-refractivity contribution in [3.05, 3.63) is 94.6 Å². The summed E-state index contributed by atoms with van der Waals surface area (Å²) in [6.07, 6.45) is 3.51. The number of hydrogen-bond donors (Lipinski definition) is 2. The van der Waals surface area contributed by atoms with Gasteiger partial charge in [0.1, 0.15) is 0 Å². The van der Waals surface area contributed by atoms with Crippen LogP contribution in [0.5, 0.6) is 0 Å². The maximum absolute atomic E-state index is 13.3. The van der Waals surface area contributed by atoms with E-state index in [-0.39, 0.29) is 11.8 Å². The smallest absolute Gasteiger partial charge is 0.256 e. The van der Waals surface area contributed by atoms with Gasteiger partial charge in [-0.3, -0.25) is 14.6 Å². The number of hydrogen-bond acceptors (Lipinski definition) is 5. The van der Waals surface area contributed by atoms with Crippen molar-refractivity contribution in [2.75, 3.05) is 13.7 Å². The lowest BCUT2D eigenvalue weighted by atomic mass is 9.94. The molecule has 3 heterocycles. The van der Waals surface area contributed by atoms with E-state index in [0.29, 0.717) is 31.6 Å². The highest BCUT2D eigenvalue weighted by atomic mass is 16.5. The molecule has 1 aliphatic rings. The van der Waals surface area contributed by atoms with Crippen LogP contribution in [0.15, 0.2) is 61.1 Å². The van der Waals surface area contributed by atoms with Crippen LogP contribution in [0.3, 0.4) is 0 Å². The first kappa shape index (κ1) is 22.7. The number of benzene rings is 2. The number of rotatable bonds is 6. The molecule has 0 radical (unpaired) electrons. The predicted octanol–water partition coefficient (Wildman–Crippen LogP) is 3.47. The molecule has 1 unspecified atom stereocenters. The summed E-state index contributed by atoms with van der Waals surface area (Å²) in [4.78, 5) is 39.7. The molecule has 35 heavy (non-hydrogen) atoms.